The zero-order valence-corrected chi connectivity index (χ0v) is 9.50. The Balaban J connectivity index is 2.37. The summed E-state index contributed by atoms with van der Waals surface area (Å²) in [6.45, 7) is 4.00. The molecule has 0 aliphatic carbocycles. The van der Waals surface area contributed by atoms with Crippen LogP contribution in [-0.2, 0) is 0 Å². The third-order valence-corrected chi connectivity index (χ3v) is 3.58. The van der Waals surface area contributed by atoms with Crippen LogP contribution in [0.1, 0.15) is 25.5 Å². The maximum absolute atomic E-state index is 13.6. The molecule has 0 saturated heterocycles. The van der Waals surface area contributed by atoms with Crippen molar-refractivity contribution in [3.05, 3.63) is 29.3 Å². The summed E-state index contributed by atoms with van der Waals surface area (Å²) in [5.74, 6) is 0.0738. The van der Waals surface area contributed by atoms with Crippen molar-refractivity contribution in [2.75, 3.05) is 5.75 Å². The van der Waals surface area contributed by atoms with Crippen LogP contribution in [0.5, 0.6) is 0 Å². The summed E-state index contributed by atoms with van der Waals surface area (Å²) >= 11 is 1.38. The highest BCUT2D eigenvalue weighted by atomic mass is 32.2. The van der Waals surface area contributed by atoms with E-state index in [0.29, 0.717) is 16.2 Å². The second-order valence-electron chi connectivity index (χ2n) is 3.96. The lowest BCUT2D eigenvalue weighted by Gasteiger charge is -2.16. The number of fused-ring (bicyclic) bond motifs is 1. The van der Waals surface area contributed by atoms with Gasteiger partial charge in [0.15, 0.2) is 0 Å². The number of nitrogens with one attached hydrogen (secondary N) is 1. The highest BCUT2D eigenvalue weighted by Crippen LogP contribution is 2.41. The van der Waals surface area contributed by atoms with Crippen molar-refractivity contribution in [3.63, 3.8) is 0 Å². The first-order chi connectivity index (χ1) is 7.09. The van der Waals surface area contributed by atoms with E-state index in [2.05, 4.69) is 5.32 Å². The van der Waals surface area contributed by atoms with Crippen LogP contribution >= 0.6 is 11.8 Å². The maximum Gasteiger partial charge on any atom is 0.137 e. The average molecular weight is 229 g/mol. The van der Waals surface area contributed by atoms with Crippen LogP contribution in [0.2, 0.25) is 0 Å². The van der Waals surface area contributed by atoms with Crippen molar-refractivity contribution in [1.82, 2.24) is 5.32 Å². The van der Waals surface area contributed by atoms with Gasteiger partial charge in [-0.05, 0) is 12.1 Å². The fourth-order valence-corrected chi connectivity index (χ4v) is 3.00. The van der Waals surface area contributed by atoms with Crippen molar-refractivity contribution in [2.45, 2.75) is 30.8 Å². The van der Waals surface area contributed by atoms with Crippen LogP contribution in [0.25, 0.3) is 0 Å². The lowest BCUT2D eigenvalue weighted by atomic mass is 10.1. The van der Waals surface area contributed by atoms with Crippen LogP contribution in [0.3, 0.4) is 0 Å². The summed E-state index contributed by atoms with van der Waals surface area (Å²) in [4.78, 5) is 0.466. The minimum absolute atomic E-state index is 0.0688. The Labute approximate surface area is 92.3 Å². The Morgan fingerprint density at radius 1 is 1.33 bits per heavy atom. The molecule has 0 amide bonds. The summed E-state index contributed by atoms with van der Waals surface area (Å²) in [7, 11) is 0. The quantitative estimate of drug-likeness (QED) is 0.836. The average Bonchev–Trinajstić information content (AvgIpc) is 2.56. The molecule has 1 aliphatic rings. The van der Waals surface area contributed by atoms with Crippen LogP contribution < -0.4 is 5.32 Å². The first kappa shape index (κ1) is 10.9. The molecular formula is C11H13F2NS. The van der Waals surface area contributed by atoms with Gasteiger partial charge in [0, 0.05) is 23.4 Å². The number of hydrogen-bond donors (Lipinski definition) is 1. The maximum atomic E-state index is 13.6. The van der Waals surface area contributed by atoms with Crippen molar-refractivity contribution in [1.29, 1.82) is 0 Å². The van der Waals surface area contributed by atoms with Gasteiger partial charge in [-0.3, -0.25) is 0 Å². The van der Waals surface area contributed by atoms with Crippen molar-refractivity contribution < 1.29 is 8.78 Å². The highest BCUT2D eigenvalue weighted by molar-refractivity contribution is 7.99. The van der Waals surface area contributed by atoms with E-state index < -0.39 is 0 Å². The van der Waals surface area contributed by atoms with E-state index in [-0.39, 0.29) is 23.7 Å². The zero-order chi connectivity index (χ0) is 11.0. The topological polar surface area (TPSA) is 12.0 Å². The molecule has 1 aromatic rings. The number of rotatable bonds is 2. The molecule has 0 aromatic heterocycles. The van der Waals surface area contributed by atoms with Gasteiger partial charge in [-0.1, -0.05) is 13.8 Å². The molecule has 1 atom stereocenters. The van der Waals surface area contributed by atoms with E-state index in [9.17, 15) is 8.78 Å². The molecule has 0 bridgehead atoms. The molecule has 1 heterocycles. The summed E-state index contributed by atoms with van der Waals surface area (Å²) in [6.07, 6.45) is 0. The monoisotopic (exact) mass is 229 g/mol. The molecule has 1 aliphatic heterocycles. The van der Waals surface area contributed by atoms with E-state index in [1.807, 2.05) is 13.8 Å². The fourth-order valence-electron chi connectivity index (χ4n) is 1.80. The number of hydrogen-bond acceptors (Lipinski definition) is 2. The Bertz CT molecular complexity index is 379. The van der Waals surface area contributed by atoms with Crippen molar-refractivity contribution >= 4 is 11.8 Å². The molecule has 2 rings (SSSR count). The van der Waals surface area contributed by atoms with Gasteiger partial charge in [0.1, 0.15) is 11.6 Å². The molecule has 1 nitrogen and oxygen atoms in total. The van der Waals surface area contributed by atoms with E-state index in [1.54, 1.807) is 0 Å². The first-order valence-corrected chi connectivity index (χ1v) is 5.95. The second-order valence-corrected chi connectivity index (χ2v) is 4.99. The smallest absolute Gasteiger partial charge is 0.137 e. The van der Waals surface area contributed by atoms with Gasteiger partial charge < -0.3 is 5.32 Å². The van der Waals surface area contributed by atoms with Gasteiger partial charge in [-0.2, -0.15) is 0 Å². The molecule has 15 heavy (non-hydrogen) atoms. The molecule has 0 fully saturated rings. The predicted molar refractivity (Wildman–Crippen MR) is 58.1 cm³/mol. The molecule has 1 N–H and O–H groups in total. The van der Waals surface area contributed by atoms with E-state index in [0.717, 1.165) is 0 Å². The number of halogens is 2. The number of benzene rings is 1. The predicted octanol–water partition coefficient (Wildman–Crippen LogP) is 3.11. The normalized spacial score (nSPS) is 19.7. The lowest BCUT2D eigenvalue weighted by molar-refractivity contribution is 0.480. The van der Waals surface area contributed by atoms with E-state index in [4.69, 9.17) is 0 Å². The highest BCUT2D eigenvalue weighted by Gasteiger charge is 2.29. The lowest BCUT2D eigenvalue weighted by Crippen LogP contribution is -2.28. The van der Waals surface area contributed by atoms with Crippen LogP contribution in [0.15, 0.2) is 17.0 Å². The van der Waals surface area contributed by atoms with E-state index in [1.165, 1.54) is 23.9 Å². The Kier molecular flexibility index (Phi) is 2.98. The van der Waals surface area contributed by atoms with Crippen LogP contribution in [-0.4, -0.2) is 11.8 Å². The third-order valence-electron chi connectivity index (χ3n) is 2.37. The second kappa shape index (κ2) is 4.10. The standard InChI is InChI=1S/C11H13F2NS/c1-6(2)14-9-5-15-11-8(13)4-3-7(12)10(9)11/h3-4,6,9,14H,5H2,1-2H3. The summed E-state index contributed by atoms with van der Waals surface area (Å²) in [6, 6.07) is 2.60. The minimum Gasteiger partial charge on any atom is -0.307 e. The SMILES string of the molecule is CC(C)NC1CSc2c(F)ccc(F)c21. The van der Waals surface area contributed by atoms with Gasteiger partial charge in [0.2, 0.25) is 0 Å². The molecule has 1 aromatic carbocycles. The van der Waals surface area contributed by atoms with Crippen LogP contribution in [0, 0.1) is 11.6 Å². The summed E-state index contributed by atoms with van der Waals surface area (Å²) in [5.41, 5.74) is 0.494. The Morgan fingerprint density at radius 3 is 2.67 bits per heavy atom. The van der Waals surface area contributed by atoms with Gasteiger partial charge in [-0.25, -0.2) is 8.78 Å². The number of thioether (sulfide) groups is 1. The molecule has 82 valence electrons. The van der Waals surface area contributed by atoms with Crippen molar-refractivity contribution in [3.8, 4) is 0 Å². The minimum atomic E-state index is -0.315. The largest absolute Gasteiger partial charge is 0.307 e. The van der Waals surface area contributed by atoms with Gasteiger partial charge >= 0.3 is 0 Å². The molecular weight excluding hydrogens is 216 g/mol. The fraction of sp³-hybridized carbons (Fsp3) is 0.455. The molecule has 4 heteroatoms. The molecule has 0 radical (unpaired) electrons. The van der Waals surface area contributed by atoms with E-state index >= 15 is 0 Å². The van der Waals surface area contributed by atoms with Gasteiger partial charge in [-0.15, -0.1) is 11.8 Å². The Morgan fingerprint density at radius 2 is 2.00 bits per heavy atom. The molecule has 1 unspecified atom stereocenters. The van der Waals surface area contributed by atoms with Crippen LogP contribution in [0.4, 0.5) is 8.78 Å². The summed E-state index contributed by atoms with van der Waals surface area (Å²) < 4.78 is 26.9. The third kappa shape index (κ3) is 2.01. The summed E-state index contributed by atoms with van der Waals surface area (Å²) in [5, 5.41) is 3.24. The van der Waals surface area contributed by atoms with Gasteiger partial charge in [0.05, 0.1) is 4.90 Å². The molecule has 0 saturated carbocycles. The first-order valence-electron chi connectivity index (χ1n) is 4.96. The molecule has 0 spiro atoms. The Hall–Kier alpha value is -0.610. The van der Waals surface area contributed by atoms with Gasteiger partial charge in [0.25, 0.3) is 0 Å². The zero-order valence-electron chi connectivity index (χ0n) is 8.68. The van der Waals surface area contributed by atoms with Crippen molar-refractivity contribution in [2.24, 2.45) is 0 Å².